The smallest absolute Gasteiger partial charge is 0.343 e. The minimum absolute atomic E-state index is 0.0117. The van der Waals surface area contributed by atoms with Gasteiger partial charge in [-0.3, -0.25) is 14.4 Å². The van der Waals surface area contributed by atoms with E-state index in [1.807, 2.05) is 0 Å². The third kappa shape index (κ3) is 4.39. The van der Waals surface area contributed by atoms with Crippen LogP contribution in [0.5, 0.6) is 0 Å². The summed E-state index contributed by atoms with van der Waals surface area (Å²) in [5.41, 5.74) is 6.77. The number of aromatic nitrogens is 2. The monoisotopic (exact) mass is 633 g/mol. The normalized spacial score (nSPS) is 21.9. The fraction of sp³-hybridized carbons (Fsp3) is 0.485. The van der Waals surface area contributed by atoms with Gasteiger partial charge in [-0.15, -0.1) is 0 Å². The lowest BCUT2D eigenvalue weighted by Gasteiger charge is -2.41. The zero-order chi connectivity index (χ0) is 32.5. The number of fused-ring (bicyclic) bond motifs is 5. The first-order chi connectivity index (χ1) is 22.0. The number of nitrogens with zero attached hydrogens (tertiary/aromatic N) is 2. The Morgan fingerprint density at radius 1 is 1.24 bits per heavy atom. The largest absolute Gasteiger partial charge is 0.458 e. The number of amides is 2. The Morgan fingerprint density at radius 3 is 2.72 bits per heavy atom. The second-order valence-corrected chi connectivity index (χ2v) is 12.8. The van der Waals surface area contributed by atoms with Gasteiger partial charge in [0.1, 0.15) is 19.2 Å². The molecule has 46 heavy (non-hydrogen) atoms. The van der Waals surface area contributed by atoms with E-state index in [-0.39, 0.29) is 68.2 Å². The van der Waals surface area contributed by atoms with Crippen LogP contribution in [-0.4, -0.2) is 52.3 Å². The molecule has 2 aliphatic heterocycles. The first kappa shape index (κ1) is 30.5. The Hall–Kier alpha value is -4.20. The van der Waals surface area contributed by atoms with Gasteiger partial charge in [0.2, 0.25) is 11.8 Å². The van der Waals surface area contributed by atoms with Crippen LogP contribution in [0.2, 0.25) is 0 Å². The lowest BCUT2D eigenvalue weighted by atomic mass is 9.68. The molecule has 0 unspecified atom stereocenters. The fourth-order valence-electron chi connectivity index (χ4n) is 7.50. The van der Waals surface area contributed by atoms with Crippen LogP contribution >= 0.6 is 0 Å². The molecular formula is C33H36FN5O7. The van der Waals surface area contributed by atoms with Crippen LogP contribution in [0.4, 0.5) is 4.39 Å². The highest BCUT2D eigenvalue weighted by Crippen LogP contribution is 2.47. The van der Waals surface area contributed by atoms with Crippen molar-refractivity contribution in [3.8, 4) is 11.4 Å². The van der Waals surface area contributed by atoms with Gasteiger partial charge >= 0.3 is 5.97 Å². The van der Waals surface area contributed by atoms with Gasteiger partial charge in [0.05, 0.1) is 53.6 Å². The average molecular weight is 634 g/mol. The standard InChI is InChI=1S/C33H36FN5O7/c1-3-33(44)20-9-24-28-18(12-39(24)29(41)19(20)13-46-31(33)43)27-22(6-5-17-16(2)21(34)10-23(37-28)26(17)27)38-30(42)32(7-4-8-32)14-45-15-36-25(40)11-35/h9-10,22,44H,3-8,11-15,35H2,1-2H3,(H,36,40)(H,38,42)/t22-,33-/m0/s1. The zero-order valence-corrected chi connectivity index (χ0v) is 25.8. The highest BCUT2D eigenvalue weighted by atomic mass is 19.1. The Kier molecular flexibility index (Phi) is 7.25. The molecule has 12 nitrogen and oxygen atoms in total. The molecule has 4 heterocycles. The van der Waals surface area contributed by atoms with E-state index in [4.69, 9.17) is 20.2 Å². The van der Waals surface area contributed by atoms with Crippen molar-refractivity contribution >= 4 is 28.7 Å². The van der Waals surface area contributed by atoms with Gasteiger partial charge in [0.15, 0.2) is 5.60 Å². The molecule has 242 valence electrons. The van der Waals surface area contributed by atoms with Gasteiger partial charge in [0.25, 0.3) is 5.56 Å². The number of carbonyl (C=O) groups excluding carboxylic acids is 3. The van der Waals surface area contributed by atoms with E-state index in [9.17, 15) is 24.3 Å². The van der Waals surface area contributed by atoms with Crippen LogP contribution in [0.15, 0.2) is 16.9 Å². The zero-order valence-electron chi connectivity index (χ0n) is 25.8. The highest BCUT2D eigenvalue weighted by molar-refractivity contribution is 5.94. The van der Waals surface area contributed by atoms with Crippen molar-refractivity contribution in [3.05, 3.63) is 61.7 Å². The first-order valence-electron chi connectivity index (χ1n) is 15.7. The quantitative estimate of drug-likeness (QED) is 0.128. The molecule has 7 rings (SSSR count). The van der Waals surface area contributed by atoms with Crippen molar-refractivity contribution in [1.82, 2.24) is 20.2 Å². The van der Waals surface area contributed by atoms with E-state index in [0.29, 0.717) is 48.2 Å². The van der Waals surface area contributed by atoms with Crippen molar-refractivity contribution in [1.29, 1.82) is 0 Å². The predicted octanol–water partition coefficient (Wildman–Crippen LogP) is 1.85. The van der Waals surface area contributed by atoms with Gasteiger partial charge < -0.3 is 35.5 Å². The van der Waals surface area contributed by atoms with Crippen molar-refractivity contribution in [2.24, 2.45) is 11.1 Å². The van der Waals surface area contributed by atoms with E-state index in [2.05, 4.69) is 10.6 Å². The number of cyclic esters (lactones) is 1. The minimum atomic E-state index is -1.98. The maximum atomic E-state index is 15.2. The van der Waals surface area contributed by atoms with Gasteiger partial charge in [-0.05, 0) is 61.8 Å². The number of carbonyl (C=O) groups is 3. The summed E-state index contributed by atoms with van der Waals surface area (Å²) in [7, 11) is 0. The van der Waals surface area contributed by atoms with Gasteiger partial charge in [-0.1, -0.05) is 13.3 Å². The molecule has 0 bridgehead atoms. The van der Waals surface area contributed by atoms with Crippen LogP contribution < -0.4 is 21.9 Å². The van der Waals surface area contributed by atoms with E-state index in [1.165, 1.54) is 6.07 Å². The second kappa shape index (κ2) is 11.0. The lowest BCUT2D eigenvalue weighted by molar-refractivity contribution is -0.172. The summed E-state index contributed by atoms with van der Waals surface area (Å²) in [6, 6.07) is 2.57. The van der Waals surface area contributed by atoms with Gasteiger partial charge in [-0.25, -0.2) is 14.2 Å². The van der Waals surface area contributed by atoms with Crippen LogP contribution in [-0.2, 0) is 49.0 Å². The molecule has 3 aromatic rings. The molecule has 1 aromatic carbocycles. The molecule has 0 saturated heterocycles. The van der Waals surface area contributed by atoms with Gasteiger partial charge in [-0.2, -0.15) is 0 Å². The molecule has 1 fully saturated rings. The number of aryl methyl sites for hydroxylation is 1. The number of nitrogens with one attached hydrogen (secondary N) is 2. The number of ether oxygens (including phenoxy) is 2. The van der Waals surface area contributed by atoms with E-state index < -0.39 is 28.6 Å². The number of hydrogen-bond acceptors (Lipinski definition) is 9. The molecule has 13 heteroatoms. The average Bonchev–Trinajstić information content (AvgIpc) is 3.39. The molecule has 2 atom stereocenters. The van der Waals surface area contributed by atoms with Crippen LogP contribution in [0.3, 0.4) is 0 Å². The first-order valence-corrected chi connectivity index (χ1v) is 15.7. The van der Waals surface area contributed by atoms with Crippen LogP contribution in [0.25, 0.3) is 22.3 Å². The summed E-state index contributed by atoms with van der Waals surface area (Å²) in [6.07, 6.45) is 3.18. The number of nitrogens with two attached hydrogens (primary N) is 1. The molecule has 1 saturated carbocycles. The third-order valence-electron chi connectivity index (χ3n) is 10.4. The van der Waals surface area contributed by atoms with Crippen molar-refractivity contribution in [2.75, 3.05) is 19.9 Å². The van der Waals surface area contributed by atoms with E-state index in [0.717, 1.165) is 28.5 Å². The summed E-state index contributed by atoms with van der Waals surface area (Å²) in [5, 5.41) is 17.9. The summed E-state index contributed by atoms with van der Waals surface area (Å²) >= 11 is 0. The molecule has 0 spiro atoms. The predicted molar refractivity (Wildman–Crippen MR) is 163 cm³/mol. The molecule has 5 N–H and O–H groups in total. The number of benzene rings is 1. The number of esters is 1. The maximum Gasteiger partial charge on any atom is 0.343 e. The molecule has 2 amide bonds. The number of pyridine rings is 2. The number of aliphatic hydroxyl groups is 1. The lowest BCUT2D eigenvalue weighted by Crippen LogP contribution is -2.50. The molecule has 4 aliphatic rings. The highest BCUT2D eigenvalue weighted by Gasteiger charge is 2.47. The number of hydrogen-bond donors (Lipinski definition) is 4. The minimum Gasteiger partial charge on any atom is -0.458 e. The molecule has 2 aliphatic carbocycles. The molecule has 0 radical (unpaired) electrons. The summed E-state index contributed by atoms with van der Waals surface area (Å²) in [5.74, 6) is -1.72. The SMILES string of the molecule is CC[C@@]1(O)C(=O)OCc2c1cc1n(c2=O)Cc2c-1nc1cc(F)c(C)c3c1c2[C@@H](NC(=O)C1(COCNC(=O)CN)CCC1)CC3. The Morgan fingerprint density at radius 2 is 2.02 bits per heavy atom. The molecule has 2 aromatic heterocycles. The van der Waals surface area contributed by atoms with Crippen LogP contribution in [0.1, 0.15) is 78.5 Å². The summed E-state index contributed by atoms with van der Waals surface area (Å²) in [4.78, 5) is 56.8. The number of rotatable bonds is 8. The van der Waals surface area contributed by atoms with Crippen LogP contribution in [0, 0.1) is 18.2 Å². The fourth-order valence-corrected chi connectivity index (χ4v) is 7.50. The summed E-state index contributed by atoms with van der Waals surface area (Å²) < 4.78 is 27.7. The molecular weight excluding hydrogens is 597 g/mol. The Balaban J connectivity index is 1.31. The Labute approximate surface area is 263 Å². The Bertz CT molecular complexity index is 1900. The van der Waals surface area contributed by atoms with Crippen molar-refractivity contribution in [3.63, 3.8) is 0 Å². The van der Waals surface area contributed by atoms with Crippen molar-refractivity contribution < 1.29 is 33.4 Å². The topological polar surface area (TPSA) is 175 Å². The van der Waals surface area contributed by atoms with E-state index >= 15 is 4.39 Å². The van der Waals surface area contributed by atoms with E-state index in [1.54, 1.807) is 24.5 Å². The van der Waals surface area contributed by atoms with Gasteiger partial charge in [0, 0.05) is 22.6 Å². The number of halogens is 1. The maximum absolute atomic E-state index is 15.2. The second-order valence-electron chi connectivity index (χ2n) is 12.8. The van der Waals surface area contributed by atoms with Crippen molar-refractivity contribution in [2.45, 2.75) is 77.2 Å². The summed E-state index contributed by atoms with van der Waals surface area (Å²) in [6.45, 7) is 3.21. The third-order valence-corrected chi connectivity index (χ3v) is 10.4.